The molecule has 0 amide bonds. The van der Waals surface area contributed by atoms with Gasteiger partial charge in [0.2, 0.25) is 0 Å². The maximum atomic E-state index is 13.0. The molecule has 0 aliphatic heterocycles. The summed E-state index contributed by atoms with van der Waals surface area (Å²) >= 11 is 0. The average Bonchev–Trinajstić information content (AvgIpc) is 2.33. The minimum absolute atomic E-state index is 0.0118. The van der Waals surface area contributed by atoms with Crippen molar-refractivity contribution in [3.8, 4) is 0 Å². The molecule has 0 bridgehead atoms. The standard InChI is InChI=1S/C10H7F2N3O2S/c11-8-2-1-7(5-9(8)12)18(16,17)15-10-6-13-3-4-14-10/h1-6H,(H,14,15). The van der Waals surface area contributed by atoms with Crippen molar-refractivity contribution in [2.24, 2.45) is 0 Å². The molecule has 18 heavy (non-hydrogen) atoms. The van der Waals surface area contributed by atoms with Crippen LogP contribution in [-0.2, 0) is 10.0 Å². The van der Waals surface area contributed by atoms with Crippen molar-refractivity contribution in [1.82, 2.24) is 9.97 Å². The number of nitrogens with zero attached hydrogens (tertiary/aromatic N) is 2. The first-order chi connectivity index (χ1) is 8.49. The van der Waals surface area contributed by atoms with Gasteiger partial charge in [0.25, 0.3) is 10.0 Å². The van der Waals surface area contributed by atoms with Crippen molar-refractivity contribution < 1.29 is 17.2 Å². The van der Waals surface area contributed by atoms with Crippen LogP contribution >= 0.6 is 0 Å². The Hall–Kier alpha value is -2.09. The number of sulfonamides is 1. The summed E-state index contributed by atoms with van der Waals surface area (Å²) < 4.78 is 51.3. The number of hydrogen-bond acceptors (Lipinski definition) is 4. The Labute approximate surface area is 102 Å². The molecular weight excluding hydrogens is 264 g/mol. The van der Waals surface area contributed by atoms with Gasteiger partial charge in [-0.2, -0.15) is 0 Å². The molecule has 0 radical (unpaired) electrons. The van der Waals surface area contributed by atoms with Gasteiger partial charge in [-0.05, 0) is 18.2 Å². The smallest absolute Gasteiger partial charge is 0.262 e. The highest BCUT2D eigenvalue weighted by molar-refractivity contribution is 7.92. The number of halogens is 2. The van der Waals surface area contributed by atoms with Gasteiger partial charge in [0.1, 0.15) is 0 Å². The van der Waals surface area contributed by atoms with Crippen molar-refractivity contribution in [1.29, 1.82) is 0 Å². The molecule has 1 heterocycles. The molecule has 94 valence electrons. The molecule has 0 saturated carbocycles. The van der Waals surface area contributed by atoms with E-state index in [9.17, 15) is 17.2 Å². The molecule has 0 fully saturated rings. The van der Waals surface area contributed by atoms with E-state index in [0.717, 1.165) is 12.1 Å². The highest BCUT2D eigenvalue weighted by Crippen LogP contribution is 2.16. The molecule has 0 atom stereocenters. The summed E-state index contributed by atoms with van der Waals surface area (Å²) in [6.45, 7) is 0. The zero-order valence-corrected chi connectivity index (χ0v) is 9.66. The highest BCUT2D eigenvalue weighted by Gasteiger charge is 2.17. The van der Waals surface area contributed by atoms with E-state index in [0.29, 0.717) is 6.07 Å². The van der Waals surface area contributed by atoms with E-state index in [1.54, 1.807) is 0 Å². The molecule has 0 spiro atoms. The van der Waals surface area contributed by atoms with Gasteiger partial charge < -0.3 is 0 Å². The van der Waals surface area contributed by atoms with Crippen LogP contribution in [0.3, 0.4) is 0 Å². The number of nitrogens with one attached hydrogen (secondary N) is 1. The molecule has 1 aromatic carbocycles. The summed E-state index contributed by atoms with van der Waals surface area (Å²) in [6.07, 6.45) is 3.86. The summed E-state index contributed by atoms with van der Waals surface area (Å²) in [5, 5.41) is 0. The highest BCUT2D eigenvalue weighted by atomic mass is 32.2. The fourth-order valence-corrected chi connectivity index (χ4v) is 2.20. The summed E-state index contributed by atoms with van der Waals surface area (Å²) in [6, 6.07) is 2.28. The first-order valence-electron chi connectivity index (χ1n) is 4.73. The fraction of sp³-hybridized carbons (Fsp3) is 0. The van der Waals surface area contributed by atoms with Crippen LogP contribution in [0.2, 0.25) is 0 Å². The number of benzene rings is 1. The third kappa shape index (κ3) is 2.59. The van der Waals surface area contributed by atoms with E-state index in [1.165, 1.54) is 18.6 Å². The number of aromatic nitrogens is 2. The van der Waals surface area contributed by atoms with Crippen LogP contribution < -0.4 is 4.72 Å². The molecule has 5 nitrogen and oxygen atoms in total. The summed E-state index contributed by atoms with van der Waals surface area (Å²) in [4.78, 5) is 6.98. The summed E-state index contributed by atoms with van der Waals surface area (Å²) in [7, 11) is -4.01. The second-order valence-corrected chi connectivity index (χ2v) is 4.95. The number of rotatable bonds is 3. The Bertz CT molecular complexity index is 662. The third-order valence-corrected chi connectivity index (χ3v) is 3.36. The molecule has 2 rings (SSSR count). The topological polar surface area (TPSA) is 72.0 Å². The van der Waals surface area contributed by atoms with E-state index in [-0.39, 0.29) is 5.82 Å². The SMILES string of the molecule is O=S(=O)(Nc1cnccn1)c1ccc(F)c(F)c1. The Balaban J connectivity index is 2.34. The van der Waals surface area contributed by atoms with Crippen LogP contribution in [0.1, 0.15) is 0 Å². The lowest BCUT2D eigenvalue weighted by atomic mass is 10.3. The fourth-order valence-electron chi connectivity index (χ4n) is 1.19. The van der Waals surface area contributed by atoms with Crippen LogP contribution in [0, 0.1) is 11.6 Å². The Morgan fingerprint density at radius 3 is 2.50 bits per heavy atom. The second-order valence-electron chi connectivity index (χ2n) is 3.27. The maximum Gasteiger partial charge on any atom is 0.263 e. The van der Waals surface area contributed by atoms with Crippen molar-refractivity contribution in [3.05, 3.63) is 48.4 Å². The van der Waals surface area contributed by atoms with Crippen molar-refractivity contribution in [3.63, 3.8) is 0 Å². The van der Waals surface area contributed by atoms with Crippen LogP contribution in [0.15, 0.2) is 41.7 Å². The monoisotopic (exact) mass is 271 g/mol. The minimum atomic E-state index is -4.01. The van der Waals surface area contributed by atoms with Crippen LogP contribution in [0.4, 0.5) is 14.6 Å². The van der Waals surface area contributed by atoms with E-state index >= 15 is 0 Å². The molecule has 0 aliphatic carbocycles. The summed E-state index contributed by atoms with van der Waals surface area (Å²) in [5.74, 6) is -2.37. The van der Waals surface area contributed by atoms with Gasteiger partial charge >= 0.3 is 0 Å². The number of anilines is 1. The predicted octanol–water partition coefficient (Wildman–Crippen LogP) is 1.56. The van der Waals surface area contributed by atoms with Crippen molar-refractivity contribution in [2.45, 2.75) is 4.90 Å². The molecule has 1 N–H and O–H groups in total. The van der Waals surface area contributed by atoms with Gasteiger partial charge in [-0.1, -0.05) is 0 Å². The molecule has 1 aromatic heterocycles. The van der Waals surface area contributed by atoms with Gasteiger partial charge in [0.15, 0.2) is 17.5 Å². The van der Waals surface area contributed by atoms with Crippen LogP contribution in [0.5, 0.6) is 0 Å². The zero-order chi connectivity index (χ0) is 13.2. The lowest BCUT2D eigenvalue weighted by molar-refractivity contribution is 0.504. The largest absolute Gasteiger partial charge is 0.263 e. The first kappa shape index (κ1) is 12.4. The van der Waals surface area contributed by atoms with Crippen molar-refractivity contribution in [2.75, 3.05) is 4.72 Å². The second kappa shape index (κ2) is 4.65. The lowest BCUT2D eigenvalue weighted by Gasteiger charge is -2.06. The molecule has 0 unspecified atom stereocenters. The molecule has 0 aliphatic rings. The normalized spacial score (nSPS) is 11.2. The number of hydrogen-bond donors (Lipinski definition) is 1. The first-order valence-corrected chi connectivity index (χ1v) is 6.21. The van der Waals surface area contributed by atoms with Gasteiger partial charge in [0, 0.05) is 12.4 Å². The van der Waals surface area contributed by atoms with E-state index in [1.807, 2.05) is 0 Å². The minimum Gasteiger partial charge on any atom is -0.262 e. The molecule has 8 heteroatoms. The third-order valence-electron chi connectivity index (χ3n) is 2.00. The van der Waals surface area contributed by atoms with Crippen molar-refractivity contribution >= 4 is 15.8 Å². The summed E-state index contributed by atoms with van der Waals surface area (Å²) in [5.41, 5.74) is 0. The Morgan fingerprint density at radius 1 is 1.11 bits per heavy atom. The van der Waals surface area contributed by atoms with E-state index < -0.39 is 26.6 Å². The van der Waals surface area contributed by atoms with Gasteiger partial charge in [-0.25, -0.2) is 22.2 Å². The molecule has 2 aromatic rings. The maximum absolute atomic E-state index is 13.0. The predicted molar refractivity (Wildman–Crippen MR) is 59.2 cm³/mol. The molecule has 0 saturated heterocycles. The quantitative estimate of drug-likeness (QED) is 0.919. The van der Waals surface area contributed by atoms with Gasteiger partial charge in [-0.3, -0.25) is 9.71 Å². The lowest BCUT2D eigenvalue weighted by Crippen LogP contribution is -2.14. The van der Waals surface area contributed by atoms with E-state index in [4.69, 9.17) is 0 Å². The van der Waals surface area contributed by atoms with Crippen LogP contribution in [0.25, 0.3) is 0 Å². The van der Waals surface area contributed by atoms with Gasteiger partial charge in [0.05, 0.1) is 11.1 Å². The average molecular weight is 271 g/mol. The zero-order valence-electron chi connectivity index (χ0n) is 8.84. The molecular formula is C10H7F2N3O2S. The Morgan fingerprint density at radius 2 is 1.89 bits per heavy atom. The van der Waals surface area contributed by atoms with Gasteiger partial charge in [-0.15, -0.1) is 0 Å². The Kier molecular flexibility index (Phi) is 3.19. The van der Waals surface area contributed by atoms with Crippen LogP contribution in [-0.4, -0.2) is 18.4 Å². The van der Waals surface area contributed by atoms with E-state index in [2.05, 4.69) is 14.7 Å².